The van der Waals surface area contributed by atoms with E-state index in [1.54, 1.807) is 18.5 Å². The molecule has 1 N–H and O–H groups in total. The molecule has 180 valence electrons. The summed E-state index contributed by atoms with van der Waals surface area (Å²) in [6, 6.07) is 7.99. The fourth-order valence-corrected chi connectivity index (χ4v) is 4.66. The zero-order valence-electron chi connectivity index (χ0n) is 18.9. The highest BCUT2D eigenvalue weighted by Crippen LogP contribution is 2.34. The van der Waals surface area contributed by atoms with Crippen molar-refractivity contribution in [3.05, 3.63) is 65.6 Å². The maximum Gasteiger partial charge on any atom is 0.417 e. The van der Waals surface area contributed by atoms with Gasteiger partial charge in [-0.3, -0.25) is 9.69 Å². The van der Waals surface area contributed by atoms with Gasteiger partial charge < -0.3 is 5.32 Å². The van der Waals surface area contributed by atoms with Gasteiger partial charge in [0.2, 0.25) is 0 Å². The van der Waals surface area contributed by atoms with Crippen molar-refractivity contribution in [3.8, 4) is 5.69 Å². The minimum Gasteiger partial charge on any atom is -0.368 e. The van der Waals surface area contributed by atoms with Crippen LogP contribution in [0.15, 0.2) is 48.9 Å². The van der Waals surface area contributed by atoms with E-state index in [0.29, 0.717) is 30.2 Å². The molecule has 3 aromatic rings. The number of anilines is 1. The van der Waals surface area contributed by atoms with Crippen LogP contribution in [0.4, 0.5) is 19.0 Å². The second kappa shape index (κ2) is 9.92. The number of halogens is 3. The Hall–Kier alpha value is -3.27. The summed E-state index contributed by atoms with van der Waals surface area (Å²) in [6.07, 6.45) is 4.30. The molecule has 1 unspecified atom stereocenters. The molecular weight excluding hydrogens is 445 g/mol. The summed E-state index contributed by atoms with van der Waals surface area (Å²) in [4.78, 5) is 19.6. The normalized spacial score (nSPS) is 19.2. The van der Waals surface area contributed by atoms with Crippen LogP contribution in [-0.4, -0.2) is 49.8 Å². The Morgan fingerprint density at radius 3 is 2.59 bits per heavy atom. The lowest BCUT2D eigenvalue weighted by molar-refractivity contribution is -0.137. The van der Waals surface area contributed by atoms with Gasteiger partial charge in [-0.25, -0.2) is 4.98 Å². The van der Waals surface area contributed by atoms with Crippen LogP contribution in [0.5, 0.6) is 0 Å². The van der Waals surface area contributed by atoms with Crippen molar-refractivity contribution in [2.24, 2.45) is 0 Å². The molecule has 1 aromatic carbocycles. The van der Waals surface area contributed by atoms with Crippen LogP contribution in [0.3, 0.4) is 0 Å². The average Bonchev–Trinajstić information content (AvgIpc) is 3.38. The maximum absolute atomic E-state index is 12.9. The van der Waals surface area contributed by atoms with Crippen LogP contribution in [0.2, 0.25) is 0 Å². The third-order valence-corrected chi connectivity index (χ3v) is 6.60. The average molecular weight is 473 g/mol. The van der Waals surface area contributed by atoms with E-state index in [9.17, 15) is 18.0 Å². The van der Waals surface area contributed by atoms with E-state index in [1.807, 2.05) is 12.1 Å². The van der Waals surface area contributed by atoms with Gasteiger partial charge in [0.1, 0.15) is 11.5 Å². The third kappa shape index (κ3) is 4.96. The summed E-state index contributed by atoms with van der Waals surface area (Å²) in [5, 5.41) is 11.7. The first-order valence-corrected chi connectivity index (χ1v) is 11.3. The summed E-state index contributed by atoms with van der Waals surface area (Å²) in [5.74, 6) is 0.413. The van der Waals surface area contributed by atoms with E-state index >= 15 is 0 Å². The number of aldehydes is 1. The second-order valence-electron chi connectivity index (χ2n) is 8.53. The van der Waals surface area contributed by atoms with Crippen molar-refractivity contribution in [2.45, 2.75) is 50.9 Å². The van der Waals surface area contributed by atoms with Gasteiger partial charge in [-0.1, -0.05) is 25.5 Å². The number of para-hydroxylation sites is 1. The highest BCUT2D eigenvalue weighted by molar-refractivity contribution is 5.81. The predicted octanol–water partition coefficient (Wildman–Crippen LogP) is 4.74. The Bertz CT molecular complexity index is 1100. The van der Waals surface area contributed by atoms with E-state index in [-0.39, 0.29) is 5.54 Å². The van der Waals surface area contributed by atoms with Crippen LogP contribution in [-0.2, 0) is 12.7 Å². The Morgan fingerprint density at radius 2 is 1.94 bits per heavy atom. The van der Waals surface area contributed by atoms with E-state index in [1.165, 1.54) is 10.9 Å². The molecule has 0 saturated carbocycles. The summed E-state index contributed by atoms with van der Waals surface area (Å²) < 4.78 is 38.6. The van der Waals surface area contributed by atoms with Crippen molar-refractivity contribution in [3.63, 3.8) is 0 Å². The summed E-state index contributed by atoms with van der Waals surface area (Å²) in [5.41, 5.74) is 1.13. The summed E-state index contributed by atoms with van der Waals surface area (Å²) >= 11 is 0. The van der Waals surface area contributed by atoms with Crippen molar-refractivity contribution in [1.82, 2.24) is 24.9 Å². The molecule has 0 amide bonds. The highest BCUT2D eigenvalue weighted by atomic mass is 19.4. The zero-order chi connectivity index (χ0) is 24.2. The molecule has 34 heavy (non-hydrogen) atoms. The molecule has 1 atom stereocenters. The Kier molecular flexibility index (Phi) is 6.97. The molecule has 0 bridgehead atoms. The Labute approximate surface area is 196 Å². The van der Waals surface area contributed by atoms with Gasteiger partial charge in [-0.2, -0.15) is 28.2 Å². The fraction of sp³-hybridized carbons (Fsp3) is 0.417. The van der Waals surface area contributed by atoms with Gasteiger partial charge in [-0.05, 0) is 49.6 Å². The van der Waals surface area contributed by atoms with Crippen LogP contribution >= 0.6 is 0 Å². The maximum atomic E-state index is 12.9. The molecule has 1 aliphatic rings. The van der Waals surface area contributed by atoms with Crippen LogP contribution in [0, 0.1) is 0 Å². The third-order valence-electron chi connectivity index (χ3n) is 6.60. The minimum absolute atomic E-state index is 0.214. The number of nitrogens with one attached hydrogen (secondary N) is 1. The number of nitrogens with zero attached hydrogens (tertiary/aromatic N) is 5. The van der Waals surface area contributed by atoms with Gasteiger partial charge in [0.25, 0.3) is 0 Å². The van der Waals surface area contributed by atoms with Gasteiger partial charge >= 0.3 is 6.18 Å². The number of piperidine rings is 1. The number of rotatable bonds is 8. The number of carbonyl (C=O) groups excluding carboxylic acids is 1. The second-order valence-corrected chi connectivity index (χ2v) is 8.53. The smallest absolute Gasteiger partial charge is 0.368 e. The number of hydrogen-bond donors (Lipinski definition) is 1. The topological polar surface area (TPSA) is 75.9 Å². The van der Waals surface area contributed by atoms with E-state index in [2.05, 4.69) is 32.3 Å². The lowest BCUT2D eigenvalue weighted by Crippen LogP contribution is -2.55. The van der Waals surface area contributed by atoms with Gasteiger partial charge in [0.15, 0.2) is 6.29 Å². The van der Waals surface area contributed by atoms with Gasteiger partial charge in [0, 0.05) is 30.4 Å². The molecule has 1 aliphatic heterocycles. The van der Waals surface area contributed by atoms with Crippen LogP contribution in [0.25, 0.3) is 5.69 Å². The molecule has 0 radical (unpaired) electrons. The molecule has 2 aromatic heterocycles. The number of pyridine rings is 1. The first-order valence-electron chi connectivity index (χ1n) is 11.3. The zero-order valence-corrected chi connectivity index (χ0v) is 18.9. The number of hydrogen-bond acceptors (Lipinski definition) is 6. The number of aromatic nitrogens is 4. The number of alkyl halides is 3. The lowest BCUT2D eigenvalue weighted by Gasteiger charge is -2.47. The number of likely N-dealkylation sites (tertiary alicyclic amines) is 1. The molecule has 10 heteroatoms. The van der Waals surface area contributed by atoms with Gasteiger partial charge in [-0.15, -0.1) is 0 Å². The number of benzene rings is 1. The van der Waals surface area contributed by atoms with E-state index in [0.717, 1.165) is 56.3 Å². The Morgan fingerprint density at radius 1 is 1.15 bits per heavy atom. The van der Waals surface area contributed by atoms with E-state index < -0.39 is 11.7 Å². The monoisotopic (exact) mass is 472 g/mol. The molecular formula is C24H27F3N6O. The van der Waals surface area contributed by atoms with Crippen molar-refractivity contribution in [2.75, 3.05) is 18.4 Å². The minimum atomic E-state index is -4.41. The SMILES string of the molecule is CCC1(CNc2ccc(C(F)(F)F)cn2)CCCCN1Cc1cccc(C=O)c1-n1nccn1. The quantitative estimate of drug-likeness (QED) is 0.478. The molecule has 4 rings (SSSR count). The first kappa shape index (κ1) is 23.9. The molecule has 1 saturated heterocycles. The van der Waals surface area contributed by atoms with Crippen molar-refractivity contribution in [1.29, 1.82) is 0 Å². The van der Waals surface area contributed by atoms with Crippen molar-refractivity contribution >= 4 is 12.1 Å². The van der Waals surface area contributed by atoms with Gasteiger partial charge in [0.05, 0.1) is 18.0 Å². The standard InChI is InChI=1S/C24H27F3N6O/c1-2-23(17-29-21-9-8-20(14-28-21)24(25,26)27)10-3-4-13-32(23)15-18-6-5-7-19(16-34)22(18)33-30-11-12-31-33/h5-9,11-12,14,16H,2-4,10,13,15,17H2,1H3,(H,28,29). The summed E-state index contributed by atoms with van der Waals surface area (Å²) in [7, 11) is 0. The lowest BCUT2D eigenvalue weighted by atomic mass is 9.83. The van der Waals surface area contributed by atoms with Crippen LogP contribution in [0.1, 0.15) is 54.1 Å². The summed E-state index contributed by atoms with van der Waals surface area (Å²) in [6.45, 7) is 4.13. The molecule has 3 heterocycles. The van der Waals surface area contributed by atoms with Crippen molar-refractivity contribution < 1.29 is 18.0 Å². The molecule has 1 fully saturated rings. The fourth-order valence-electron chi connectivity index (χ4n) is 4.66. The molecule has 7 nitrogen and oxygen atoms in total. The van der Waals surface area contributed by atoms with E-state index in [4.69, 9.17) is 0 Å². The highest BCUT2D eigenvalue weighted by Gasteiger charge is 2.38. The largest absolute Gasteiger partial charge is 0.417 e. The Balaban J connectivity index is 1.57. The first-order chi connectivity index (χ1) is 16.4. The predicted molar refractivity (Wildman–Crippen MR) is 122 cm³/mol. The molecule has 0 aliphatic carbocycles. The van der Waals surface area contributed by atoms with Crippen LogP contribution < -0.4 is 5.32 Å². The molecule has 0 spiro atoms. The number of carbonyl (C=O) groups is 1.